The molecule has 4 rings (SSSR count). The minimum absolute atomic E-state index is 0.0194. The summed E-state index contributed by atoms with van der Waals surface area (Å²) in [5, 5.41) is 1.36. The van der Waals surface area contributed by atoms with Crippen LogP contribution in [0.5, 0.6) is 0 Å². The summed E-state index contributed by atoms with van der Waals surface area (Å²) < 4.78 is 3.14. The van der Waals surface area contributed by atoms with Crippen molar-refractivity contribution in [1.82, 2.24) is 24.3 Å². The maximum absolute atomic E-state index is 11.2. The molecule has 2 aromatic heterocycles. The maximum Gasteiger partial charge on any atom is 0.146 e. The molecule has 0 N–H and O–H groups in total. The lowest BCUT2D eigenvalue weighted by molar-refractivity contribution is -0.115. The van der Waals surface area contributed by atoms with Crippen molar-refractivity contribution in [3.8, 4) is 0 Å². The van der Waals surface area contributed by atoms with Gasteiger partial charge < -0.3 is 9.36 Å². The summed E-state index contributed by atoms with van der Waals surface area (Å²) in [6.07, 6.45) is 6.79. The lowest BCUT2D eigenvalue weighted by Gasteiger charge is -2.47. The molecule has 1 saturated carbocycles. The van der Waals surface area contributed by atoms with Gasteiger partial charge in [-0.2, -0.15) is 0 Å². The number of fused-ring (bicyclic) bond motifs is 1. The molecule has 8 heteroatoms. The van der Waals surface area contributed by atoms with Crippen LogP contribution >= 0.6 is 27.5 Å². The van der Waals surface area contributed by atoms with E-state index in [1.54, 1.807) is 0 Å². The molecule has 2 aromatic rings. The first kappa shape index (κ1) is 16.4. The minimum atomic E-state index is 0.0194. The van der Waals surface area contributed by atoms with Gasteiger partial charge in [-0.3, -0.25) is 9.80 Å². The van der Waals surface area contributed by atoms with Gasteiger partial charge in [0.25, 0.3) is 0 Å². The zero-order chi connectivity index (χ0) is 16.8. The van der Waals surface area contributed by atoms with Gasteiger partial charge in [-0.15, -0.1) is 0 Å². The van der Waals surface area contributed by atoms with Crippen molar-refractivity contribution in [2.75, 3.05) is 26.7 Å². The highest BCUT2D eigenvalue weighted by molar-refractivity contribution is 9.10. The molecule has 24 heavy (non-hydrogen) atoms. The molecule has 1 saturated heterocycles. The Morgan fingerprint density at radius 3 is 2.83 bits per heavy atom. The molecule has 1 aliphatic carbocycles. The summed E-state index contributed by atoms with van der Waals surface area (Å²) >= 11 is 9.76. The van der Waals surface area contributed by atoms with Crippen molar-refractivity contribution in [3.05, 3.63) is 22.1 Å². The van der Waals surface area contributed by atoms with E-state index in [-0.39, 0.29) is 6.04 Å². The quantitative estimate of drug-likeness (QED) is 0.572. The van der Waals surface area contributed by atoms with Crippen LogP contribution in [0.1, 0.15) is 18.9 Å². The summed E-state index contributed by atoms with van der Waals surface area (Å²) in [4.78, 5) is 24.3. The van der Waals surface area contributed by atoms with Crippen LogP contribution in [0.25, 0.3) is 11.0 Å². The van der Waals surface area contributed by atoms with Gasteiger partial charge in [0.05, 0.1) is 11.4 Å². The smallest absolute Gasteiger partial charge is 0.146 e. The molecule has 2 aliphatic rings. The Bertz CT molecular complexity index is 775. The van der Waals surface area contributed by atoms with Gasteiger partial charge in [-0.25, -0.2) is 9.97 Å². The lowest BCUT2D eigenvalue weighted by Crippen LogP contribution is -2.57. The van der Waals surface area contributed by atoms with Crippen molar-refractivity contribution in [3.63, 3.8) is 0 Å². The summed E-state index contributed by atoms with van der Waals surface area (Å²) in [7, 11) is 2.02. The number of hydrogen-bond acceptors (Lipinski definition) is 5. The average Bonchev–Trinajstić information content (AvgIpc) is 2.86. The number of aromatic nitrogens is 3. The number of piperazine rings is 1. The van der Waals surface area contributed by atoms with Crippen molar-refractivity contribution in [2.45, 2.75) is 31.0 Å². The lowest BCUT2D eigenvalue weighted by atomic mass is 9.84. The van der Waals surface area contributed by atoms with Crippen LogP contribution in [-0.4, -0.2) is 69.4 Å². The van der Waals surface area contributed by atoms with Crippen LogP contribution in [0.4, 0.5) is 0 Å². The molecular formula is C16H19BrClN5O. The fourth-order valence-corrected chi connectivity index (χ4v) is 4.70. The largest absolute Gasteiger partial charge is 0.328 e. The van der Waals surface area contributed by atoms with Crippen LogP contribution < -0.4 is 0 Å². The fourth-order valence-electron chi connectivity index (χ4n) is 3.77. The van der Waals surface area contributed by atoms with Crippen LogP contribution in [0.3, 0.4) is 0 Å². The number of carbonyl (C=O) groups is 1. The molecule has 0 spiro atoms. The first-order valence-corrected chi connectivity index (χ1v) is 9.31. The Labute approximate surface area is 153 Å². The Morgan fingerprint density at radius 1 is 1.29 bits per heavy atom. The number of rotatable bonds is 3. The van der Waals surface area contributed by atoms with E-state index in [1.165, 1.54) is 6.33 Å². The highest BCUT2D eigenvalue weighted by Gasteiger charge is 2.38. The van der Waals surface area contributed by atoms with Crippen molar-refractivity contribution >= 4 is 44.9 Å². The van der Waals surface area contributed by atoms with Gasteiger partial charge in [0, 0.05) is 42.4 Å². The monoisotopic (exact) mass is 411 g/mol. The zero-order valence-electron chi connectivity index (χ0n) is 13.4. The predicted molar refractivity (Wildman–Crippen MR) is 96.4 cm³/mol. The van der Waals surface area contributed by atoms with Crippen molar-refractivity contribution in [1.29, 1.82) is 0 Å². The van der Waals surface area contributed by atoms with E-state index in [0.29, 0.717) is 17.2 Å². The Kier molecular flexibility index (Phi) is 4.36. The fraction of sp³-hybridized carbons (Fsp3) is 0.562. The second-order valence-electron chi connectivity index (χ2n) is 6.71. The molecule has 128 valence electrons. The van der Waals surface area contributed by atoms with E-state index in [4.69, 9.17) is 11.6 Å². The van der Waals surface area contributed by atoms with Gasteiger partial charge >= 0.3 is 0 Å². The van der Waals surface area contributed by atoms with E-state index in [1.807, 2.05) is 7.05 Å². The first-order chi connectivity index (χ1) is 11.6. The SMILES string of the molecule is CN1CCN(C2CC(n3cc(Br)c4c(Cl)ncnc43)C2)CC1C=O. The van der Waals surface area contributed by atoms with Gasteiger partial charge in [0.1, 0.15) is 23.4 Å². The molecule has 0 aromatic carbocycles. The molecule has 0 bridgehead atoms. The van der Waals surface area contributed by atoms with Gasteiger partial charge in [-0.1, -0.05) is 11.6 Å². The topological polar surface area (TPSA) is 54.3 Å². The molecule has 1 atom stereocenters. The van der Waals surface area contributed by atoms with Gasteiger partial charge in [0.15, 0.2) is 0 Å². The molecule has 2 fully saturated rings. The van der Waals surface area contributed by atoms with Crippen LogP contribution in [0, 0.1) is 0 Å². The minimum Gasteiger partial charge on any atom is -0.328 e. The Balaban J connectivity index is 1.48. The van der Waals surface area contributed by atoms with Crippen molar-refractivity contribution < 1.29 is 4.79 Å². The Morgan fingerprint density at radius 2 is 2.08 bits per heavy atom. The number of carbonyl (C=O) groups excluding carboxylic acids is 1. The standard InChI is InChI=1S/C16H19BrClN5O/c1-21-2-3-22(6-12(21)8-24)10-4-11(5-10)23-7-13(17)14-15(18)19-9-20-16(14)23/h7-12H,2-6H2,1H3. The molecular weight excluding hydrogens is 394 g/mol. The molecule has 0 radical (unpaired) electrons. The van der Waals surface area contributed by atoms with Crippen LogP contribution in [0.2, 0.25) is 5.15 Å². The second kappa shape index (κ2) is 6.37. The predicted octanol–water partition coefficient (Wildman–Crippen LogP) is 2.37. The van der Waals surface area contributed by atoms with Gasteiger partial charge in [0.2, 0.25) is 0 Å². The molecule has 1 aliphatic heterocycles. The summed E-state index contributed by atoms with van der Waals surface area (Å²) in [6, 6.07) is 0.981. The second-order valence-corrected chi connectivity index (χ2v) is 7.92. The number of halogens is 2. The van der Waals surface area contributed by atoms with E-state index in [2.05, 4.69) is 46.5 Å². The highest BCUT2D eigenvalue weighted by Crippen LogP contribution is 2.41. The molecule has 0 amide bonds. The number of nitrogens with zero attached hydrogens (tertiary/aromatic N) is 5. The summed E-state index contributed by atoms with van der Waals surface area (Å²) in [5.41, 5.74) is 0.884. The van der Waals surface area contributed by atoms with Crippen LogP contribution in [0.15, 0.2) is 17.0 Å². The zero-order valence-corrected chi connectivity index (χ0v) is 15.7. The number of aldehydes is 1. The molecule has 3 heterocycles. The number of hydrogen-bond donors (Lipinski definition) is 0. The Hall–Kier alpha value is -1.02. The summed E-state index contributed by atoms with van der Waals surface area (Å²) in [6.45, 7) is 2.81. The molecule has 6 nitrogen and oxygen atoms in total. The third-order valence-corrected chi connectivity index (χ3v) is 6.29. The highest BCUT2D eigenvalue weighted by atomic mass is 79.9. The van der Waals surface area contributed by atoms with E-state index < -0.39 is 0 Å². The maximum atomic E-state index is 11.2. The van der Waals surface area contributed by atoms with E-state index in [0.717, 1.165) is 54.3 Å². The van der Waals surface area contributed by atoms with Crippen LogP contribution in [-0.2, 0) is 4.79 Å². The number of likely N-dealkylation sites (N-methyl/N-ethyl adjacent to an activating group) is 1. The third kappa shape index (κ3) is 2.67. The van der Waals surface area contributed by atoms with E-state index in [9.17, 15) is 4.79 Å². The average molecular weight is 413 g/mol. The van der Waals surface area contributed by atoms with Gasteiger partial charge in [-0.05, 0) is 35.8 Å². The third-order valence-electron chi connectivity index (χ3n) is 5.40. The summed E-state index contributed by atoms with van der Waals surface area (Å²) in [5.74, 6) is 0. The normalized spacial score (nSPS) is 28.9. The molecule has 1 unspecified atom stereocenters. The van der Waals surface area contributed by atoms with E-state index >= 15 is 0 Å². The first-order valence-electron chi connectivity index (χ1n) is 8.14. The van der Waals surface area contributed by atoms with Crippen molar-refractivity contribution in [2.24, 2.45) is 0 Å².